The maximum atomic E-state index is 13.5. The number of phenols is 2. The van der Waals surface area contributed by atoms with Crippen LogP contribution in [0.3, 0.4) is 0 Å². The van der Waals surface area contributed by atoms with Crippen molar-refractivity contribution in [1.29, 1.82) is 0 Å². The highest BCUT2D eigenvalue weighted by molar-refractivity contribution is 5.77. The molecule has 6 fully saturated rings. The predicted molar refractivity (Wildman–Crippen MR) is 265 cm³/mol. The Morgan fingerprint density at radius 2 is 1.12 bits per heavy atom. The van der Waals surface area contributed by atoms with Gasteiger partial charge in [-0.3, -0.25) is 9.59 Å². The van der Waals surface area contributed by atoms with Crippen LogP contribution in [0, 0.1) is 80.8 Å². The van der Waals surface area contributed by atoms with Gasteiger partial charge >= 0.3 is 11.9 Å². The molecule has 68 heavy (non-hydrogen) atoms. The third-order valence-electron chi connectivity index (χ3n) is 24.7. The minimum Gasteiger partial charge on any atom is -0.504 e. The predicted octanol–water partition coefficient (Wildman–Crippen LogP) is 13.6. The largest absolute Gasteiger partial charge is 0.504 e. The highest BCUT2D eigenvalue weighted by atomic mass is 16.6. The number of carbonyl (C=O) groups excluding carboxylic acids is 2. The summed E-state index contributed by atoms with van der Waals surface area (Å²) in [7, 11) is 3.09. The molecule has 2 aromatic rings. The van der Waals surface area contributed by atoms with Gasteiger partial charge < -0.3 is 29.2 Å². The van der Waals surface area contributed by atoms with Gasteiger partial charge in [0.2, 0.25) is 0 Å². The number of rotatable bonds is 2. The van der Waals surface area contributed by atoms with Crippen molar-refractivity contribution in [2.45, 2.75) is 196 Å². The summed E-state index contributed by atoms with van der Waals surface area (Å²) in [4.78, 5) is 26.9. The molecule has 370 valence electrons. The summed E-state index contributed by atoms with van der Waals surface area (Å²) < 4.78 is 26.3. The number of aromatic hydroxyl groups is 2. The Labute approximate surface area is 407 Å². The van der Waals surface area contributed by atoms with Crippen molar-refractivity contribution in [3.63, 3.8) is 0 Å². The molecule has 0 spiro atoms. The van der Waals surface area contributed by atoms with Crippen LogP contribution >= 0.6 is 0 Å². The number of hydrogen-bond acceptors (Lipinski definition) is 8. The Morgan fingerprint density at radius 3 is 1.69 bits per heavy atom. The van der Waals surface area contributed by atoms with E-state index in [1.165, 1.54) is 24.7 Å². The van der Waals surface area contributed by atoms with E-state index in [4.69, 9.17) is 18.9 Å². The van der Waals surface area contributed by atoms with Gasteiger partial charge in [-0.15, -0.1) is 0 Å². The molecule has 2 N–H and O–H groups in total. The van der Waals surface area contributed by atoms with Crippen LogP contribution in [-0.4, -0.2) is 42.5 Å². The molecular weight excluding hydrogens is 849 g/mol. The van der Waals surface area contributed by atoms with Crippen LogP contribution in [0.2, 0.25) is 0 Å². The second kappa shape index (κ2) is 14.0. The Bertz CT molecular complexity index is 2580. The minimum atomic E-state index is -0.528. The fraction of sp³-hybridized carbons (Fsp3) is 0.733. The van der Waals surface area contributed by atoms with Crippen molar-refractivity contribution in [2.24, 2.45) is 67.0 Å². The third kappa shape index (κ3) is 5.45. The number of carbonyl (C=O) groups is 2. The molecule has 1 aliphatic heterocycles. The minimum absolute atomic E-state index is 0.00811. The van der Waals surface area contributed by atoms with E-state index >= 15 is 0 Å². The normalized spacial score (nSPS) is 48.0. The molecule has 0 bridgehead atoms. The van der Waals surface area contributed by atoms with Gasteiger partial charge in [0.1, 0.15) is 6.10 Å². The topological polar surface area (TPSA) is 112 Å². The Morgan fingerprint density at radius 1 is 0.603 bits per heavy atom. The van der Waals surface area contributed by atoms with Crippen LogP contribution < -0.4 is 9.47 Å². The lowest BCUT2D eigenvalue weighted by Crippen LogP contribution is -2.69. The first-order valence-electron chi connectivity index (χ1n) is 26.6. The van der Waals surface area contributed by atoms with Gasteiger partial charge in [-0.2, -0.15) is 0 Å². The van der Waals surface area contributed by atoms with Crippen LogP contribution in [0.5, 0.6) is 23.0 Å². The number of esters is 2. The Balaban J connectivity index is 1.02. The lowest BCUT2D eigenvalue weighted by Gasteiger charge is -2.73. The zero-order valence-electron chi connectivity index (χ0n) is 44.0. The fourth-order valence-corrected chi connectivity index (χ4v) is 19.8. The zero-order valence-corrected chi connectivity index (χ0v) is 44.0. The number of phenolic OH excluding ortho intramolecular Hbond substituents is 2. The summed E-state index contributed by atoms with van der Waals surface area (Å²) in [5.41, 5.74) is 4.91. The average Bonchev–Trinajstić information content (AvgIpc) is 3.30. The van der Waals surface area contributed by atoms with Crippen molar-refractivity contribution in [1.82, 2.24) is 0 Å². The lowest BCUT2D eigenvalue weighted by molar-refractivity contribution is -0.238. The van der Waals surface area contributed by atoms with E-state index < -0.39 is 16.9 Å². The van der Waals surface area contributed by atoms with Gasteiger partial charge in [-0.1, -0.05) is 67.5 Å². The van der Waals surface area contributed by atoms with E-state index in [9.17, 15) is 19.8 Å². The molecule has 8 aliphatic carbocycles. The third-order valence-corrected chi connectivity index (χ3v) is 24.7. The van der Waals surface area contributed by atoms with Crippen LogP contribution in [0.4, 0.5) is 0 Å². The smallest absolute Gasteiger partial charge is 0.311 e. The van der Waals surface area contributed by atoms with Gasteiger partial charge in [0, 0.05) is 33.4 Å². The van der Waals surface area contributed by atoms with Crippen LogP contribution in [-0.2, 0) is 29.9 Å². The molecule has 2 aromatic carbocycles. The van der Waals surface area contributed by atoms with Crippen molar-refractivity contribution in [3.05, 3.63) is 51.6 Å². The maximum Gasteiger partial charge on any atom is 0.311 e. The second-order valence-electron chi connectivity index (χ2n) is 27.5. The number of fused-ring (bicyclic) bond motifs is 18. The summed E-state index contributed by atoms with van der Waals surface area (Å²) >= 11 is 0. The zero-order chi connectivity index (χ0) is 48.9. The van der Waals surface area contributed by atoms with Gasteiger partial charge in [-0.05, 0) is 197 Å². The van der Waals surface area contributed by atoms with Gasteiger partial charge in [0.05, 0.1) is 25.0 Å². The molecule has 0 radical (unpaired) electrons. The van der Waals surface area contributed by atoms with E-state index in [0.717, 1.165) is 112 Å². The maximum absolute atomic E-state index is 13.5. The molecule has 16 atom stereocenters. The molecular formula is C60H82O8. The van der Waals surface area contributed by atoms with Gasteiger partial charge in [0.15, 0.2) is 29.1 Å². The van der Waals surface area contributed by atoms with E-state index in [-0.39, 0.29) is 78.8 Å². The van der Waals surface area contributed by atoms with Crippen molar-refractivity contribution in [3.8, 4) is 23.0 Å². The van der Waals surface area contributed by atoms with Crippen LogP contribution in [0.15, 0.2) is 18.2 Å². The summed E-state index contributed by atoms with van der Waals surface area (Å²) in [6.45, 7) is 28.6. The highest BCUT2D eigenvalue weighted by Gasteiger charge is 2.73. The molecule has 11 rings (SSSR count). The van der Waals surface area contributed by atoms with Crippen molar-refractivity contribution in [2.75, 3.05) is 14.2 Å². The molecule has 6 saturated carbocycles. The van der Waals surface area contributed by atoms with Crippen molar-refractivity contribution >= 4 is 18.0 Å². The fourth-order valence-electron chi connectivity index (χ4n) is 19.8. The average molecular weight is 931 g/mol. The van der Waals surface area contributed by atoms with E-state index in [1.54, 1.807) is 7.11 Å². The quantitative estimate of drug-likeness (QED) is 0.226. The molecule has 0 aromatic heterocycles. The number of allylic oxidation sites excluding steroid dienone is 1. The molecule has 9 aliphatic rings. The first-order valence-corrected chi connectivity index (χ1v) is 26.6. The lowest BCUT2D eigenvalue weighted by atomic mass is 9.32. The SMILES string of the molecule is COC(=O)C1(C)CCC2(C)CCC3(C)C4C=Cc5c(cc6c(c5C)OC5C(O6)c6c(cc(O)c(O)c6C)C6(C)CCC7(C)C8CC(C)(C(=O)OC)CCC8(C)CCC7(C)C56)C4(C)CCC3(C)C2C1. The van der Waals surface area contributed by atoms with Gasteiger partial charge in [-0.25, -0.2) is 0 Å². The van der Waals surface area contributed by atoms with E-state index in [1.807, 2.05) is 13.0 Å². The molecule has 0 saturated heterocycles. The number of ether oxygens (including phenoxy) is 4. The molecule has 8 heteroatoms. The van der Waals surface area contributed by atoms with E-state index in [2.05, 4.69) is 94.4 Å². The van der Waals surface area contributed by atoms with Crippen LogP contribution in [0.1, 0.15) is 199 Å². The van der Waals surface area contributed by atoms with E-state index in [0.29, 0.717) is 23.3 Å². The number of methoxy groups -OCH3 is 2. The Kier molecular flexibility index (Phi) is 9.64. The van der Waals surface area contributed by atoms with Crippen LogP contribution in [0.25, 0.3) is 6.08 Å². The molecule has 8 nitrogen and oxygen atoms in total. The first-order chi connectivity index (χ1) is 31.7. The number of hydrogen-bond donors (Lipinski definition) is 2. The summed E-state index contributed by atoms with van der Waals surface area (Å²) in [5, 5.41) is 23.0. The summed E-state index contributed by atoms with van der Waals surface area (Å²) in [6.07, 6.45) is 18.1. The van der Waals surface area contributed by atoms with Crippen molar-refractivity contribution < 1.29 is 38.7 Å². The summed E-state index contributed by atoms with van der Waals surface area (Å²) in [5.74, 6) is 2.33. The first kappa shape index (κ1) is 46.7. The van der Waals surface area contributed by atoms with Gasteiger partial charge in [0.25, 0.3) is 0 Å². The standard InChI is InChI=1S/C60H82O8/c1-33-35-15-16-40-55(7,23-27-58(10)41-31-53(5,49(63)65-13)19-17-51(41,3)21-25-57(40,58)9)36(35)30-39-45(33)68-47-46(67-39)43-34(2)44(62)38(61)29-37(43)56(8)24-28-59(11)42-32-54(6,50(64)66-14)20-18-52(42,4)22-26-60(59,12)48(47)56/h15-16,29-30,40-42,46-48,61-62H,17-28,31-32H2,1-14H3. The Hall–Kier alpha value is -3.68. The summed E-state index contributed by atoms with van der Waals surface area (Å²) in [6, 6.07) is 4.20. The molecule has 0 amide bonds. The second-order valence-corrected chi connectivity index (χ2v) is 27.5. The number of benzene rings is 2. The highest BCUT2D eigenvalue weighted by Crippen LogP contribution is 2.78. The molecule has 16 unspecified atom stereocenters. The molecule has 1 heterocycles. The monoisotopic (exact) mass is 931 g/mol.